The van der Waals surface area contributed by atoms with E-state index in [0.29, 0.717) is 5.82 Å². The van der Waals surface area contributed by atoms with Crippen LogP contribution in [-0.4, -0.2) is 32.3 Å². The Labute approximate surface area is 144 Å². The summed E-state index contributed by atoms with van der Waals surface area (Å²) >= 11 is 0. The van der Waals surface area contributed by atoms with Gasteiger partial charge in [0.05, 0.1) is 11.9 Å². The molecule has 1 aliphatic rings. The van der Waals surface area contributed by atoms with E-state index in [1.54, 1.807) is 22.6 Å². The fourth-order valence-electron chi connectivity index (χ4n) is 2.73. The molecule has 25 heavy (non-hydrogen) atoms. The molecule has 3 aromatic rings. The normalized spacial score (nSPS) is 12.4. The molecule has 128 valence electrons. The number of aryl methyl sites for hydroxylation is 2. The van der Waals surface area contributed by atoms with Crippen molar-refractivity contribution in [3.63, 3.8) is 0 Å². The fraction of sp³-hybridized carbons (Fsp3) is 0.235. The molecule has 0 fully saturated rings. The molecule has 0 spiro atoms. The van der Waals surface area contributed by atoms with Crippen LogP contribution in [-0.2, 0) is 18.4 Å². The van der Waals surface area contributed by atoms with Crippen molar-refractivity contribution in [3.05, 3.63) is 42.4 Å². The van der Waals surface area contributed by atoms with E-state index >= 15 is 0 Å². The Morgan fingerprint density at radius 2 is 2.08 bits per heavy atom. The Balaban J connectivity index is 1.46. The van der Waals surface area contributed by atoms with Gasteiger partial charge in [0.15, 0.2) is 11.5 Å². The number of hydrogen-bond acceptors (Lipinski definition) is 5. The van der Waals surface area contributed by atoms with E-state index < -0.39 is 0 Å². The summed E-state index contributed by atoms with van der Waals surface area (Å²) in [6.07, 6.45) is 3.55. The van der Waals surface area contributed by atoms with Crippen molar-refractivity contribution >= 4 is 11.7 Å². The Kier molecular flexibility index (Phi) is 3.64. The molecule has 3 heterocycles. The van der Waals surface area contributed by atoms with Crippen molar-refractivity contribution in [1.82, 2.24) is 19.6 Å². The third kappa shape index (κ3) is 3.06. The maximum absolute atomic E-state index is 12.2. The number of hydrogen-bond donors (Lipinski definition) is 1. The van der Waals surface area contributed by atoms with Gasteiger partial charge in [-0.25, -0.2) is 0 Å². The Morgan fingerprint density at radius 1 is 1.24 bits per heavy atom. The Morgan fingerprint density at radius 3 is 2.88 bits per heavy atom. The van der Waals surface area contributed by atoms with Crippen molar-refractivity contribution < 1.29 is 14.3 Å². The number of nitrogens with one attached hydrogen (secondary N) is 1. The number of aromatic nitrogens is 4. The zero-order chi connectivity index (χ0) is 17.4. The van der Waals surface area contributed by atoms with Crippen molar-refractivity contribution in [2.45, 2.75) is 13.5 Å². The quantitative estimate of drug-likeness (QED) is 0.786. The number of ether oxygens (including phenoxy) is 2. The van der Waals surface area contributed by atoms with E-state index in [2.05, 4.69) is 15.5 Å². The number of carbonyl (C=O) groups excluding carboxylic acids is 1. The number of fused-ring (bicyclic) bond motifs is 1. The molecule has 8 heteroatoms. The van der Waals surface area contributed by atoms with Crippen LogP contribution in [0.3, 0.4) is 0 Å². The van der Waals surface area contributed by atoms with Crippen LogP contribution in [0.25, 0.3) is 11.1 Å². The smallest absolute Gasteiger partial charge is 0.247 e. The topological polar surface area (TPSA) is 83.2 Å². The summed E-state index contributed by atoms with van der Waals surface area (Å²) in [5.74, 6) is 1.95. The summed E-state index contributed by atoms with van der Waals surface area (Å²) in [6, 6.07) is 7.53. The number of amides is 1. The highest BCUT2D eigenvalue weighted by atomic mass is 16.7. The standard InChI is InChI=1S/C17H17N5O3/c1-11-5-16(21(2)20-11)19-17(23)9-22-8-13(7-18-22)12-3-4-14-15(6-12)25-10-24-14/h3-8H,9-10H2,1-2H3,(H,19,23). The summed E-state index contributed by atoms with van der Waals surface area (Å²) in [5, 5.41) is 11.3. The average molecular weight is 339 g/mol. The monoisotopic (exact) mass is 339 g/mol. The summed E-state index contributed by atoms with van der Waals surface area (Å²) in [5.41, 5.74) is 2.71. The first kappa shape index (κ1) is 15.3. The number of benzene rings is 1. The molecule has 0 radical (unpaired) electrons. The van der Waals surface area contributed by atoms with Crippen LogP contribution in [0.1, 0.15) is 5.69 Å². The van der Waals surface area contributed by atoms with Crippen LogP contribution >= 0.6 is 0 Å². The van der Waals surface area contributed by atoms with Gasteiger partial charge in [0, 0.05) is 24.9 Å². The van der Waals surface area contributed by atoms with Crippen LogP contribution in [0.4, 0.5) is 5.82 Å². The lowest BCUT2D eigenvalue weighted by atomic mass is 10.1. The van der Waals surface area contributed by atoms with E-state index in [4.69, 9.17) is 9.47 Å². The minimum atomic E-state index is -0.164. The number of rotatable bonds is 4. The van der Waals surface area contributed by atoms with Crippen LogP contribution in [0, 0.1) is 6.92 Å². The molecule has 1 amide bonds. The lowest BCUT2D eigenvalue weighted by molar-refractivity contribution is -0.116. The van der Waals surface area contributed by atoms with Crippen molar-refractivity contribution in [2.24, 2.45) is 7.05 Å². The van der Waals surface area contributed by atoms with Gasteiger partial charge in [0.25, 0.3) is 0 Å². The van der Waals surface area contributed by atoms with Crippen molar-refractivity contribution in [3.8, 4) is 22.6 Å². The molecule has 0 bridgehead atoms. The highest BCUT2D eigenvalue weighted by Crippen LogP contribution is 2.35. The summed E-state index contributed by atoms with van der Waals surface area (Å²) in [7, 11) is 1.79. The minimum absolute atomic E-state index is 0.120. The van der Waals surface area contributed by atoms with Crippen LogP contribution < -0.4 is 14.8 Å². The summed E-state index contributed by atoms with van der Waals surface area (Å²) in [4.78, 5) is 12.2. The van der Waals surface area contributed by atoms with E-state index in [9.17, 15) is 4.79 Å². The number of carbonyl (C=O) groups is 1. The molecule has 2 aromatic heterocycles. The zero-order valence-electron chi connectivity index (χ0n) is 13.9. The third-order valence-corrected chi connectivity index (χ3v) is 3.91. The summed E-state index contributed by atoms with van der Waals surface area (Å²) in [6.45, 7) is 2.24. The first-order valence-electron chi connectivity index (χ1n) is 7.81. The molecule has 1 aliphatic heterocycles. The molecule has 8 nitrogen and oxygen atoms in total. The largest absolute Gasteiger partial charge is 0.454 e. The second kappa shape index (κ2) is 5.97. The molecule has 0 unspecified atom stereocenters. The molecular formula is C17H17N5O3. The van der Waals surface area contributed by atoms with Gasteiger partial charge < -0.3 is 14.8 Å². The molecule has 1 aromatic carbocycles. The first-order valence-corrected chi connectivity index (χ1v) is 7.81. The highest BCUT2D eigenvalue weighted by molar-refractivity contribution is 5.89. The molecule has 0 aliphatic carbocycles. The van der Waals surface area contributed by atoms with Crippen molar-refractivity contribution in [2.75, 3.05) is 12.1 Å². The minimum Gasteiger partial charge on any atom is -0.454 e. The fourth-order valence-corrected chi connectivity index (χ4v) is 2.73. The van der Waals surface area contributed by atoms with E-state index in [1.807, 2.05) is 37.4 Å². The van der Waals surface area contributed by atoms with Gasteiger partial charge >= 0.3 is 0 Å². The average Bonchev–Trinajstić information content (AvgIpc) is 3.27. The zero-order valence-corrected chi connectivity index (χ0v) is 13.9. The molecule has 4 rings (SSSR count). The SMILES string of the molecule is Cc1cc(NC(=O)Cn2cc(-c3ccc4c(c3)OCO4)cn2)n(C)n1. The summed E-state index contributed by atoms with van der Waals surface area (Å²) < 4.78 is 13.9. The lowest BCUT2D eigenvalue weighted by Crippen LogP contribution is -2.20. The van der Waals surface area contributed by atoms with Crippen LogP contribution in [0.2, 0.25) is 0 Å². The van der Waals surface area contributed by atoms with Gasteiger partial charge in [-0.3, -0.25) is 14.2 Å². The van der Waals surface area contributed by atoms with Gasteiger partial charge in [-0.2, -0.15) is 10.2 Å². The predicted octanol–water partition coefficient (Wildman–Crippen LogP) is 1.96. The number of anilines is 1. The molecule has 0 atom stereocenters. The van der Waals surface area contributed by atoms with Gasteiger partial charge in [-0.1, -0.05) is 6.07 Å². The molecule has 1 N–H and O–H groups in total. The maximum Gasteiger partial charge on any atom is 0.247 e. The van der Waals surface area contributed by atoms with E-state index in [0.717, 1.165) is 28.3 Å². The van der Waals surface area contributed by atoms with E-state index in [1.165, 1.54) is 0 Å². The lowest BCUT2D eigenvalue weighted by Gasteiger charge is -2.05. The third-order valence-electron chi connectivity index (χ3n) is 3.91. The van der Waals surface area contributed by atoms with Crippen LogP contribution in [0.15, 0.2) is 36.7 Å². The maximum atomic E-state index is 12.2. The second-order valence-corrected chi connectivity index (χ2v) is 5.84. The molecular weight excluding hydrogens is 322 g/mol. The Hall–Kier alpha value is -3.29. The highest BCUT2D eigenvalue weighted by Gasteiger charge is 2.15. The number of nitrogens with zero attached hydrogens (tertiary/aromatic N) is 4. The van der Waals surface area contributed by atoms with E-state index in [-0.39, 0.29) is 19.2 Å². The molecule has 0 saturated heterocycles. The molecule has 0 saturated carbocycles. The van der Waals surface area contributed by atoms with Gasteiger partial charge in [0.1, 0.15) is 12.4 Å². The van der Waals surface area contributed by atoms with Gasteiger partial charge in [0.2, 0.25) is 12.7 Å². The Bertz CT molecular complexity index is 944. The van der Waals surface area contributed by atoms with Gasteiger partial charge in [-0.15, -0.1) is 0 Å². The van der Waals surface area contributed by atoms with Crippen molar-refractivity contribution in [1.29, 1.82) is 0 Å². The predicted molar refractivity (Wildman–Crippen MR) is 90.4 cm³/mol. The van der Waals surface area contributed by atoms with Crippen LogP contribution in [0.5, 0.6) is 11.5 Å². The second-order valence-electron chi connectivity index (χ2n) is 5.84. The van der Waals surface area contributed by atoms with Gasteiger partial charge in [-0.05, 0) is 24.6 Å². The first-order chi connectivity index (χ1) is 12.1.